The van der Waals surface area contributed by atoms with Gasteiger partial charge in [0.2, 0.25) is 0 Å². The summed E-state index contributed by atoms with van der Waals surface area (Å²) >= 11 is 9.72. The molecular weight excluding hydrogens is 312 g/mol. The number of rotatable bonds is 3. The molecule has 2 nitrogen and oxygen atoms in total. The standard InChI is InChI=1S/C14H20BrClN2/c1-3-14(2)10-18(7-6-17-14)9-11-4-5-12(15)8-13(11)16/h4-5,8,17H,3,6-7,9-10H2,1-2H3. The zero-order chi connectivity index (χ0) is 13.2. The molecule has 1 atom stereocenters. The minimum Gasteiger partial charge on any atom is -0.309 e. The molecule has 0 amide bonds. The van der Waals surface area contributed by atoms with Gasteiger partial charge in [0.25, 0.3) is 0 Å². The number of hydrogen-bond donors (Lipinski definition) is 1. The fourth-order valence-corrected chi connectivity index (χ4v) is 3.14. The van der Waals surface area contributed by atoms with Gasteiger partial charge in [0, 0.05) is 41.2 Å². The number of benzene rings is 1. The van der Waals surface area contributed by atoms with Crippen LogP contribution in [0.25, 0.3) is 0 Å². The third kappa shape index (κ3) is 3.47. The highest BCUT2D eigenvalue weighted by molar-refractivity contribution is 9.10. The van der Waals surface area contributed by atoms with E-state index in [2.05, 4.69) is 52.1 Å². The van der Waals surface area contributed by atoms with E-state index >= 15 is 0 Å². The van der Waals surface area contributed by atoms with Crippen LogP contribution >= 0.6 is 27.5 Å². The molecule has 0 bridgehead atoms. The van der Waals surface area contributed by atoms with E-state index in [1.54, 1.807) is 0 Å². The van der Waals surface area contributed by atoms with Gasteiger partial charge in [-0.25, -0.2) is 0 Å². The summed E-state index contributed by atoms with van der Waals surface area (Å²) in [5.74, 6) is 0. The smallest absolute Gasteiger partial charge is 0.0462 e. The van der Waals surface area contributed by atoms with Gasteiger partial charge in [0.1, 0.15) is 0 Å². The average molecular weight is 332 g/mol. The molecule has 18 heavy (non-hydrogen) atoms. The third-order valence-electron chi connectivity index (χ3n) is 3.74. The van der Waals surface area contributed by atoms with Crippen molar-refractivity contribution in [2.75, 3.05) is 19.6 Å². The molecule has 1 aliphatic rings. The molecule has 1 N–H and O–H groups in total. The summed E-state index contributed by atoms with van der Waals surface area (Å²) in [5.41, 5.74) is 1.44. The largest absolute Gasteiger partial charge is 0.309 e. The molecular formula is C14H20BrClN2. The molecule has 0 aliphatic carbocycles. The van der Waals surface area contributed by atoms with E-state index < -0.39 is 0 Å². The third-order valence-corrected chi connectivity index (χ3v) is 4.59. The highest BCUT2D eigenvalue weighted by Crippen LogP contribution is 2.24. The second kappa shape index (κ2) is 5.91. The molecule has 1 aromatic carbocycles. The van der Waals surface area contributed by atoms with Gasteiger partial charge in [0.15, 0.2) is 0 Å². The predicted octanol–water partition coefficient (Wildman–Crippen LogP) is 3.68. The van der Waals surface area contributed by atoms with Gasteiger partial charge in [-0.1, -0.05) is 40.5 Å². The first-order chi connectivity index (χ1) is 8.52. The zero-order valence-corrected chi connectivity index (χ0v) is 13.3. The van der Waals surface area contributed by atoms with Crippen LogP contribution in [0.4, 0.5) is 0 Å². The molecule has 2 rings (SSSR count). The van der Waals surface area contributed by atoms with Crippen LogP contribution in [0.5, 0.6) is 0 Å². The lowest BCUT2D eigenvalue weighted by molar-refractivity contribution is 0.134. The average Bonchev–Trinajstić information content (AvgIpc) is 2.33. The summed E-state index contributed by atoms with van der Waals surface area (Å²) in [6.45, 7) is 8.69. The summed E-state index contributed by atoms with van der Waals surface area (Å²) in [6, 6.07) is 6.14. The Labute approximate surface area is 123 Å². The van der Waals surface area contributed by atoms with Crippen LogP contribution in [-0.2, 0) is 6.54 Å². The first-order valence-electron chi connectivity index (χ1n) is 6.44. The second-order valence-electron chi connectivity index (χ2n) is 5.29. The fourth-order valence-electron chi connectivity index (χ4n) is 2.41. The molecule has 4 heteroatoms. The first kappa shape index (κ1) is 14.3. The maximum atomic E-state index is 6.28. The van der Waals surface area contributed by atoms with Gasteiger partial charge in [-0.3, -0.25) is 4.90 Å². The number of nitrogens with zero attached hydrogens (tertiary/aromatic N) is 1. The molecule has 0 saturated carbocycles. The van der Waals surface area contributed by atoms with Gasteiger partial charge in [0.05, 0.1) is 0 Å². The lowest BCUT2D eigenvalue weighted by Crippen LogP contribution is -2.58. The minimum absolute atomic E-state index is 0.236. The van der Waals surface area contributed by atoms with Crippen LogP contribution in [0, 0.1) is 0 Å². The lowest BCUT2D eigenvalue weighted by atomic mass is 9.95. The summed E-state index contributed by atoms with van der Waals surface area (Å²) in [7, 11) is 0. The molecule has 0 spiro atoms. The van der Waals surface area contributed by atoms with Gasteiger partial charge >= 0.3 is 0 Å². The van der Waals surface area contributed by atoms with Crippen molar-refractivity contribution in [1.29, 1.82) is 0 Å². The Morgan fingerprint density at radius 3 is 2.94 bits per heavy atom. The van der Waals surface area contributed by atoms with Crippen LogP contribution in [0.2, 0.25) is 5.02 Å². The van der Waals surface area contributed by atoms with Gasteiger partial charge in [-0.2, -0.15) is 0 Å². The second-order valence-corrected chi connectivity index (χ2v) is 6.61. The van der Waals surface area contributed by atoms with Crippen LogP contribution in [0.1, 0.15) is 25.8 Å². The highest BCUT2D eigenvalue weighted by Gasteiger charge is 2.28. The number of nitrogens with one attached hydrogen (secondary N) is 1. The monoisotopic (exact) mass is 330 g/mol. The molecule has 1 aromatic rings. The molecule has 1 heterocycles. The van der Waals surface area contributed by atoms with Gasteiger partial charge < -0.3 is 5.32 Å². The maximum Gasteiger partial charge on any atom is 0.0462 e. The molecule has 1 saturated heterocycles. The van der Waals surface area contributed by atoms with Gasteiger partial charge in [-0.15, -0.1) is 0 Å². The number of halogens is 2. The Balaban J connectivity index is 2.05. The lowest BCUT2D eigenvalue weighted by Gasteiger charge is -2.41. The Hall–Kier alpha value is -0.0900. The van der Waals surface area contributed by atoms with Crippen molar-refractivity contribution in [3.05, 3.63) is 33.3 Å². The molecule has 0 aromatic heterocycles. The fraction of sp³-hybridized carbons (Fsp3) is 0.571. The van der Waals surface area contributed by atoms with Crippen molar-refractivity contribution in [2.24, 2.45) is 0 Å². The van der Waals surface area contributed by atoms with Crippen LogP contribution < -0.4 is 5.32 Å². The summed E-state index contributed by atoms with van der Waals surface area (Å²) in [6.07, 6.45) is 1.15. The predicted molar refractivity (Wildman–Crippen MR) is 81.1 cm³/mol. The van der Waals surface area contributed by atoms with Crippen LogP contribution in [0.3, 0.4) is 0 Å². The van der Waals surface area contributed by atoms with E-state index in [-0.39, 0.29) is 5.54 Å². The number of hydrogen-bond acceptors (Lipinski definition) is 2. The van der Waals surface area contributed by atoms with E-state index in [1.807, 2.05) is 6.07 Å². The minimum atomic E-state index is 0.236. The van der Waals surface area contributed by atoms with Crippen molar-refractivity contribution in [3.8, 4) is 0 Å². The first-order valence-corrected chi connectivity index (χ1v) is 7.61. The van der Waals surface area contributed by atoms with Crippen LogP contribution in [0.15, 0.2) is 22.7 Å². The molecule has 1 aliphatic heterocycles. The van der Waals surface area contributed by atoms with E-state index in [0.29, 0.717) is 0 Å². The van der Waals surface area contributed by atoms with E-state index in [1.165, 1.54) is 5.56 Å². The topological polar surface area (TPSA) is 15.3 Å². The Morgan fingerprint density at radius 1 is 1.50 bits per heavy atom. The Bertz CT molecular complexity index is 424. The molecule has 1 unspecified atom stereocenters. The van der Waals surface area contributed by atoms with E-state index in [4.69, 9.17) is 11.6 Å². The van der Waals surface area contributed by atoms with Crippen molar-refractivity contribution in [2.45, 2.75) is 32.4 Å². The highest BCUT2D eigenvalue weighted by atomic mass is 79.9. The Morgan fingerprint density at radius 2 is 2.28 bits per heavy atom. The normalized spacial score (nSPS) is 25.3. The Kier molecular flexibility index (Phi) is 4.70. The van der Waals surface area contributed by atoms with E-state index in [9.17, 15) is 0 Å². The zero-order valence-electron chi connectivity index (χ0n) is 11.0. The summed E-state index contributed by atoms with van der Waals surface area (Å²) in [4.78, 5) is 2.48. The van der Waals surface area contributed by atoms with E-state index in [0.717, 1.165) is 42.1 Å². The quantitative estimate of drug-likeness (QED) is 0.909. The van der Waals surface area contributed by atoms with Gasteiger partial charge in [-0.05, 0) is 31.0 Å². The van der Waals surface area contributed by atoms with Crippen molar-refractivity contribution >= 4 is 27.5 Å². The summed E-state index contributed by atoms with van der Waals surface area (Å²) in [5, 5.41) is 4.45. The molecule has 0 radical (unpaired) electrons. The van der Waals surface area contributed by atoms with Crippen molar-refractivity contribution in [3.63, 3.8) is 0 Å². The van der Waals surface area contributed by atoms with Crippen LogP contribution in [-0.4, -0.2) is 30.1 Å². The van der Waals surface area contributed by atoms with Crippen molar-refractivity contribution in [1.82, 2.24) is 10.2 Å². The van der Waals surface area contributed by atoms with Crippen molar-refractivity contribution < 1.29 is 0 Å². The maximum absolute atomic E-state index is 6.28. The molecule has 1 fully saturated rings. The summed E-state index contributed by atoms with van der Waals surface area (Å²) < 4.78 is 1.04. The molecule has 100 valence electrons. The SMILES string of the molecule is CCC1(C)CN(Cc2ccc(Br)cc2Cl)CCN1. The number of piperazine rings is 1.